The Morgan fingerprint density at radius 2 is 1.80 bits per heavy atom. The smallest absolute Gasteiger partial charge is 0.0624 e. The minimum Gasteiger partial charge on any atom is -0.380 e. The Balaban J connectivity index is 3.77. The highest BCUT2D eigenvalue weighted by Gasteiger charge is 2.23. The highest BCUT2D eigenvalue weighted by atomic mass is 16.5. The van der Waals surface area contributed by atoms with Crippen LogP contribution in [-0.4, -0.2) is 25.8 Å². The lowest BCUT2D eigenvalue weighted by Gasteiger charge is -2.31. The summed E-state index contributed by atoms with van der Waals surface area (Å²) in [6.45, 7) is 16.1. The van der Waals surface area contributed by atoms with Gasteiger partial charge in [0.05, 0.1) is 6.61 Å². The molecule has 0 aromatic heterocycles. The molecule has 15 heavy (non-hydrogen) atoms. The van der Waals surface area contributed by atoms with Crippen molar-refractivity contribution in [3.05, 3.63) is 0 Å². The average Bonchev–Trinajstić information content (AvgIpc) is 2.08. The van der Waals surface area contributed by atoms with Crippen LogP contribution < -0.4 is 5.32 Å². The van der Waals surface area contributed by atoms with Crippen LogP contribution in [0.25, 0.3) is 0 Å². The van der Waals surface area contributed by atoms with Gasteiger partial charge in [0.2, 0.25) is 0 Å². The molecule has 2 nitrogen and oxygen atoms in total. The van der Waals surface area contributed by atoms with E-state index >= 15 is 0 Å². The summed E-state index contributed by atoms with van der Waals surface area (Å²) in [5.74, 6) is 0.734. The monoisotopic (exact) mass is 215 g/mol. The number of hydrogen-bond acceptors (Lipinski definition) is 2. The molecule has 0 heterocycles. The maximum absolute atomic E-state index is 5.72. The van der Waals surface area contributed by atoms with Crippen molar-refractivity contribution in [3.8, 4) is 0 Å². The van der Waals surface area contributed by atoms with Gasteiger partial charge in [0.1, 0.15) is 0 Å². The molecule has 0 rings (SSSR count). The second-order valence-electron chi connectivity index (χ2n) is 5.73. The number of hydrogen-bond donors (Lipinski definition) is 1. The fourth-order valence-corrected chi connectivity index (χ4v) is 1.38. The van der Waals surface area contributed by atoms with Crippen LogP contribution in [0.1, 0.15) is 48.0 Å². The van der Waals surface area contributed by atoms with Gasteiger partial charge in [-0.1, -0.05) is 41.5 Å². The molecule has 0 saturated carbocycles. The Hall–Kier alpha value is -0.0800. The van der Waals surface area contributed by atoms with Crippen LogP contribution in [0.2, 0.25) is 0 Å². The van der Waals surface area contributed by atoms with Crippen LogP contribution in [0, 0.1) is 11.3 Å². The minimum absolute atomic E-state index is 0.272. The van der Waals surface area contributed by atoms with Crippen molar-refractivity contribution >= 4 is 0 Å². The van der Waals surface area contributed by atoms with Crippen molar-refractivity contribution in [3.63, 3.8) is 0 Å². The van der Waals surface area contributed by atoms with Gasteiger partial charge in [-0.3, -0.25) is 0 Å². The molecule has 1 N–H and O–H groups in total. The highest BCUT2D eigenvalue weighted by molar-refractivity contribution is 4.79. The van der Waals surface area contributed by atoms with Crippen LogP contribution in [0.15, 0.2) is 0 Å². The molecule has 0 spiro atoms. The second-order valence-corrected chi connectivity index (χ2v) is 5.73. The van der Waals surface area contributed by atoms with Crippen molar-refractivity contribution in [2.24, 2.45) is 11.3 Å². The van der Waals surface area contributed by atoms with E-state index in [9.17, 15) is 0 Å². The summed E-state index contributed by atoms with van der Waals surface area (Å²) in [4.78, 5) is 0. The van der Waals surface area contributed by atoms with Crippen molar-refractivity contribution in [2.45, 2.75) is 54.0 Å². The summed E-state index contributed by atoms with van der Waals surface area (Å²) in [6.07, 6.45) is 1.16. The van der Waals surface area contributed by atoms with E-state index in [2.05, 4.69) is 46.9 Å². The number of likely N-dealkylation sites (N-methyl/N-ethyl adjacent to an activating group) is 1. The Kier molecular flexibility index (Phi) is 7.20. The minimum atomic E-state index is 0.272. The van der Waals surface area contributed by atoms with Gasteiger partial charge < -0.3 is 10.1 Å². The van der Waals surface area contributed by atoms with Gasteiger partial charge in [-0.25, -0.2) is 0 Å². The fourth-order valence-electron chi connectivity index (χ4n) is 1.38. The maximum Gasteiger partial charge on any atom is 0.0624 e. The maximum atomic E-state index is 5.72. The lowest BCUT2D eigenvalue weighted by atomic mass is 9.87. The summed E-state index contributed by atoms with van der Waals surface area (Å²) in [7, 11) is 0. The molecule has 0 aliphatic carbocycles. The standard InChI is InChI=1S/C13H29NO/c1-7-14-12(13(4,5)6)10-15-9-8-11(2)3/h11-12,14H,7-10H2,1-6H3. The second kappa shape index (κ2) is 7.24. The number of rotatable bonds is 7. The van der Waals surface area contributed by atoms with E-state index in [-0.39, 0.29) is 5.41 Å². The SMILES string of the molecule is CCNC(COCCC(C)C)C(C)(C)C. The van der Waals surface area contributed by atoms with Gasteiger partial charge in [-0.05, 0) is 24.3 Å². The van der Waals surface area contributed by atoms with Crippen molar-refractivity contribution in [1.29, 1.82) is 0 Å². The summed E-state index contributed by atoms with van der Waals surface area (Å²) < 4.78 is 5.72. The third kappa shape index (κ3) is 7.80. The van der Waals surface area contributed by atoms with Gasteiger partial charge in [0.15, 0.2) is 0 Å². The molecule has 0 aromatic carbocycles. The summed E-state index contributed by atoms with van der Waals surface area (Å²) >= 11 is 0. The van der Waals surface area contributed by atoms with Gasteiger partial charge in [-0.15, -0.1) is 0 Å². The van der Waals surface area contributed by atoms with E-state index in [1.165, 1.54) is 0 Å². The predicted octanol–water partition coefficient (Wildman–Crippen LogP) is 3.07. The molecular formula is C13H29NO. The lowest BCUT2D eigenvalue weighted by Crippen LogP contribution is -2.43. The van der Waals surface area contributed by atoms with E-state index in [4.69, 9.17) is 4.74 Å². The Morgan fingerprint density at radius 1 is 1.20 bits per heavy atom. The fraction of sp³-hybridized carbons (Fsp3) is 1.00. The molecule has 1 atom stereocenters. The molecule has 0 aliphatic rings. The van der Waals surface area contributed by atoms with Crippen LogP contribution >= 0.6 is 0 Å². The molecule has 0 bridgehead atoms. The van der Waals surface area contributed by atoms with Crippen LogP contribution in [0.4, 0.5) is 0 Å². The topological polar surface area (TPSA) is 21.3 Å². The van der Waals surface area contributed by atoms with E-state index < -0.39 is 0 Å². The van der Waals surface area contributed by atoms with Gasteiger partial charge >= 0.3 is 0 Å². The third-order valence-corrected chi connectivity index (χ3v) is 2.62. The van der Waals surface area contributed by atoms with Crippen LogP contribution in [-0.2, 0) is 4.74 Å². The Labute approximate surface area is 95.8 Å². The number of ether oxygens (including phenoxy) is 1. The zero-order chi connectivity index (χ0) is 11.9. The van der Waals surface area contributed by atoms with Gasteiger partial charge in [0.25, 0.3) is 0 Å². The molecule has 0 fully saturated rings. The van der Waals surface area contributed by atoms with E-state index in [1.807, 2.05) is 0 Å². The zero-order valence-corrected chi connectivity index (χ0v) is 11.4. The van der Waals surface area contributed by atoms with E-state index in [0.717, 1.165) is 32.1 Å². The Bertz CT molecular complexity index is 149. The molecule has 0 radical (unpaired) electrons. The molecule has 0 aliphatic heterocycles. The van der Waals surface area contributed by atoms with Gasteiger partial charge in [-0.2, -0.15) is 0 Å². The molecule has 1 unspecified atom stereocenters. The first kappa shape index (κ1) is 14.9. The first-order valence-corrected chi connectivity index (χ1v) is 6.19. The predicted molar refractivity (Wildman–Crippen MR) is 67.2 cm³/mol. The van der Waals surface area contributed by atoms with E-state index in [1.54, 1.807) is 0 Å². The van der Waals surface area contributed by atoms with Crippen LogP contribution in [0.3, 0.4) is 0 Å². The summed E-state index contributed by atoms with van der Waals surface area (Å²) in [5.41, 5.74) is 0.272. The lowest BCUT2D eigenvalue weighted by molar-refractivity contribution is 0.0700. The van der Waals surface area contributed by atoms with Crippen molar-refractivity contribution in [2.75, 3.05) is 19.8 Å². The molecule has 0 aromatic rings. The molecule has 2 heteroatoms. The largest absolute Gasteiger partial charge is 0.380 e. The van der Waals surface area contributed by atoms with Crippen molar-refractivity contribution < 1.29 is 4.74 Å². The summed E-state index contributed by atoms with van der Waals surface area (Å²) in [5, 5.41) is 3.49. The summed E-state index contributed by atoms with van der Waals surface area (Å²) in [6, 6.07) is 0.453. The molecule has 0 amide bonds. The number of nitrogens with one attached hydrogen (secondary N) is 1. The molecule has 0 saturated heterocycles. The quantitative estimate of drug-likeness (QED) is 0.659. The van der Waals surface area contributed by atoms with Crippen molar-refractivity contribution in [1.82, 2.24) is 5.32 Å². The molecular weight excluding hydrogens is 186 g/mol. The van der Waals surface area contributed by atoms with Gasteiger partial charge in [0, 0.05) is 12.6 Å². The first-order chi connectivity index (χ1) is 6.88. The van der Waals surface area contributed by atoms with E-state index in [0.29, 0.717) is 6.04 Å². The average molecular weight is 215 g/mol. The zero-order valence-electron chi connectivity index (χ0n) is 11.4. The normalized spacial score (nSPS) is 14.6. The first-order valence-electron chi connectivity index (χ1n) is 6.19. The molecule has 92 valence electrons. The Morgan fingerprint density at radius 3 is 2.20 bits per heavy atom. The highest BCUT2D eigenvalue weighted by Crippen LogP contribution is 2.19. The third-order valence-electron chi connectivity index (χ3n) is 2.62. The van der Waals surface area contributed by atoms with Crippen LogP contribution in [0.5, 0.6) is 0 Å².